The molecule has 0 bridgehead atoms. The zero-order valence-corrected chi connectivity index (χ0v) is 11.8. The van der Waals surface area contributed by atoms with E-state index in [4.69, 9.17) is 5.73 Å². The lowest BCUT2D eigenvalue weighted by molar-refractivity contribution is -0.118. The third-order valence-corrected chi connectivity index (χ3v) is 3.17. The van der Waals surface area contributed by atoms with Gasteiger partial charge in [-0.25, -0.2) is 15.0 Å². The Morgan fingerprint density at radius 1 is 1.23 bits per heavy atom. The summed E-state index contributed by atoms with van der Waals surface area (Å²) >= 11 is 0. The van der Waals surface area contributed by atoms with E-state index in [0.717, 1.165) is 17.1 Å². The van der Waals surface area contributed by atoms with Crippen LogP contribution in [-0.2, 0) is 11.3 Å². The lowest BCUT2D eigenvalue weighted by atomic mass is 10.3. The molecule has 22 heavy (non-hydrogen) atoms. The third-order valence-electron chi connectivity index (χ3n) is 3.17. The fourth-order valence-electron chi connectivity index (χ4n) is 2.15. The first-order chi connectivity index (χ1) is 10.7. The second-order valence-corrected chi connectivity index (χ2v) is 4.78. The highest BCUT2D eigenvalue weighted by Crippen LogP contribution is 2.19. The molecule has 0 aliphatic heterocycles. The van der Waals surface area contributed by atoms with Crippen LogP contribution in [0.4, 0.5) is 0 Å². The molecular formula is C14H15N7O. The van der Waals surface area contributed by atoms with Crippen LogP contribution in [0.2, 0.25) is 0 Å². The quantitative estimate of drug-likeness (QED) is 0.724. The van der Waals surface area contributed by atoms with Crippen LogP contribution in [0.3, 0.4) is 0 Å². The van der Waals surface area contributed by atoms with Gasteiger partial charge in [0, 0.05) is 43.9 Å². The molecule has 8 nitrogen and oxygen atoms in total. The predicted molar refractivity (Wildman–Crippen MR) is 78.8 cm³/mol. The molecule has 0 saturated heterocycles. The number of nitrogens with two attached hydrogens (primary N) is 1. The summed E-state index contributed by atoms with van der Waals surface area (Å²) in [5, 5.41) is 4.29. The van der Waals surface area contributed by atoms with Crippen molar-refractivity contribution in [2.24, 2.45) is 5.73 Å². The van der Waals surface area contributed by atoms with Crippen LogP contribution >= 0.6 is 0 Å². The number of carbonyl (C=O) groups is 1. The van der Waals surface area contributed by atoms with Crippen LogP contribution < -0.4 is 5.73 Å². The molecule has 0 saturated carbocycles. The minimum atomic E-state index is -0.298. The lowest BCUT2D eigenvalue weighted by Gasteiger charge is -2.04. The molecule has 0 unspecified atom stereocenters. The first-order valence-corrected chi connectivity index (χ1v) is 6.84. The van der Waals surface area contributed by atoms with Crippen molar-refractivity contribution in [2.75, 3.05) is 0 Å². The SMILES string of the molecule is NC(=O)CCCn1cc(-n2ccnc2-c2cncnc2)cn1. The fourth-order valence-corrected chi connectivity index (χ4v) is 2.15. The van der Waals surface area contributed by atoms with Gasteiger partial charge in [-0.1, -0.05) is 0 Å². The Bertz CT molecular complexity index is 762. The number of carbonyl (C=O) groups excluding carboxylic acids is 1. The molecule has 112 valence electrons. The molecule has 0 fully saturated rings. The van der Waals surface area contributed by atoms with Crippen molar-refractivity contribution >= 4 is 5.91 Å². The molecule has 0 aliphatic rings. The number of aryl methyl sites for hydroxylation is 1. The van der Waals surface area contributed by atoms with Crippen LogP contribution in [-0.4, -0.2) is 35.2 Å². The van der Waals surface area contributed by atoms with Crippen molar-refractivity contribution in [2.45, 2.75) is 19.4 Å². The standard InChI is InChI=1S/C14H15N7O/c15-13(22)2-1-4-20-9-12(8-19-20)21-5-3-18-14(21)11-6-16-10-17-7-11/h3,5-10H,1-2,4H2,(H2,15,22). The van der Waals surface area contributed by atoms with Crippen LogP contribution in [0.5, 0.6) is 0 Å². The summed E-state index contributed by atoms with van der Waals surface area (Å²) in [6, 6.07) is 0. The maximum atomic E-state index is 10.8. The van der Waals surface area contributed by atoms with Gasteiger partial charge in [-0.15, -0.1) is 0 Å². The largest absolute Gasteiger partial charge is 0.370 e. The van der Waals surface area contributed by atoms with E-state index in [1.54, 1.807) is 29.5 Å². The van der Waals surface area contributed by atoms with Crippen LogP contribution in [0, 0.1) is 0 Å². The zero-order valence-electron chi connectivity index (χ0n) is 11.8. The molecule has 3 rings (SSSR count). The smallest absolute Gasteiger partial charge is 0.217 e. The molecule has 8 heteroatoms. The molecule has 0 spiro atoms. The first-order valence-electron chi connectivity index (χ1n) is 6.84. The normalized spacial score (nSPS) is 10.7. The molecule has 0 atom stereocenters. The van der Waals surface area contributed by atoms with E-state index >= 15 is 0 Å². The summed E-state index contributed by atoms with van der Waals surface area (Å²) in [6.07, 6.45) is 13.1. The zero-order chi connectivity index (χ0) is 15.4. The summed E-state index contributed by atoms with van der Waals surface area (Å²) in [5.74, 6) is 0.450. The number of amides is 1. The van der Waals surface area contributed by atoms with Gasteiger partial charge in [0.05, 0.1) is 17.4 Å². The van der Waals surface area contributed by atoms with Gasteiger partial charge in [-0.3, -0.25) is 14.0 Å². The van der Waals surface area contributed by atoms with Crippen LogP contribution in [0.15, 0.2) is 43.5 Å². The van der Waals surface area contributed by atoms with Crippen molar-refractivity contribution < 1.29 is 4.79 Å². The van der Waals surface area contributed by atoms with Gasteiger partial charge in [0.1, 0.15) is 12.2 Å². The lowest BCUT2D eigenvalue weighted by Crippen LogP contribution is -2.11. The van der Waals surface area contributed by atoms with Crippen molar-refractivity contribution in [3.05, 3.63) is 43.5 Å². The second-order valence-electron chi connectivity index (χ2n) is 4.78. The molecule has 2 N–H and O–H groups in total. The number of hydrogen-bond acceptors (Lipinski definition) is 5. The Balaban J connectivity index is 1.80. The second kappa shape index (κ2) is 6.17. The van der Waals surface area contributed by atoms with Crippen molar-refractivity contribution in [1.29, 1.82) is 0 Å². The van der Waals surface area contributed by atoms with Gasteiger partial charge < -0.3 is 5.73 Å². The van der Waals surface area contributed by atoms with E-state index in [-0.39, 0.29) is 5.91 Å². The maximum absolute atomic E-state index is 10.8. The molecule has 3 aromatic heterocycles. The number of nitrogens with zero attached hydrogens (tertiary/aromatic N) is 6. The van der Waals surface area contributed by atoms with Gasteiger partial charge in [0.15, 0.2) is 0 Å². The van der Waals surface area contributed by atoms with Crippen molar-refractivity contribution in [1.82, 2.24) is 29.3 Å². The van der Waals surface area contributed by atoms with Gasteiger partial charge >= 0.3 is 0 Å². The molecule has 0 aromatic carbocycles. The summed E-state index contributed by atoms with van der Waals surface area (Å²) in [4.78, 5) is 23.1. The van der Waals surface area contributed by atoms with E-state index < -0.39 is 0 Å². The minimum absolute atomic E-state index is 0.298. The minimum Gasteiger partial charge on any atom is -0.370 e. The Labute approximate surface area is 126 Å². The first kappa shape index (κ1) is 13.9. The average molecular weight is 297 g/mol. The van der Waals surface area contributed by atoms with E-state index in [9.17, 15) is 4.79 Å². The summed E-state index contributed by atoms with van der Waals surface area (Å²) in [6.45, 7) is 0.640. The highest BCUT2D eigenvalue weighted by molar-refractivity contribution is 5.73. The van der Waals surface area contributed by atoms with E-state index in [0.29, 0.717) is 19.4 Å². The summed E-state index contributed by atoms with van der Waals surface area (Å²) in [5.41, 5.74) is 6.84. The maximum Gasteiger partial charge on any atom is 0.217 e. The Kier molecular flexibility index (Phi) is 3.90. The van der Waals surface area contributed by atoms with Gasteiger partial charge in [0.2, 0.25) is 5.91 Å². The van der Waals surface area contributed by atoms with Crippen LogP contribution in [0.25, 0.3) is 17.1 Å². The fraction of sp³-hybridized carbons (Fsp3) is 0.214. The van der Waals surface area contributed by atoms with Crippen molar-refractivity contribution in [3.63, 3.8) is 0 Å². The van der Waals surface area contributed by atoms with Crippen molar-refractivity contribution in [3.8, 4) is 17.1 Å². The molecule has 3 heterocycles. The van der Waals surface area contributed by atoms with Crippen LogP contribution in [0.1, 0.15) is 12.8 Å². The Morgan fingerprint density at radius 3 is 2.82 bits per heavy atom. The van der Waals surface area contributed by atoms with E-state index in [1.807, 2.05) is 17.0 Å². The highest BCUT2D eigenvalue weighted by Gasteiger charge is 2.10. The summed E-state index contributed by atoms with van der Waals surface area (Å²) in [7, 11) is 0. The van der Waals surface area contributed by atoms with E-state index in [2.05, 4.69) is 20.1 Å². The highest BCUT2D eigenvalue weighted by atomic mass is 16.1. The Morgan fingerprint density at radius 2 is 2.05 bits per heavy atom. The topological polar surface area (TPSA) is 105 Å². The number of imidazole rings is 1. The number of aromatic nitrogens is 6. The predicted octanol–water partition coefficient (Wildman–Crippen LogP) is 0.791. The molecule has 1 amide bonds. The monoisotopic (exact) mass is 297 g/mol. The Hall–Kier alpha value is -3.03. The average Bonchev–Trinajstić information content (AvgIpc) is 3.16. The number of primary amides is 1. The molecule has 3 aromatic rings. The van der Waals surface area contributed by atoms with Gasteiger partial charge in [-0.2, -0.15) is 5.10 Å². The van der Waals surface area contributed by atoms with Gasteiger partial charge in [-0.05, 0) is 6.42 Å². The summed E-state index contributed by atoms with van der Waals surface area (Å²) < 4.78 is 3.69. The molecular weight excluding hydrogens is 282 g/mol. The number of hydrogen-bond donors (Lipinski definition) is 1. The third kappa shape index (κ3) is 3.00. The van der Waals surface area contributed by atoms with E-state index in [1.165, 1.54) is 6.33 Å². The molecule has 0 radical (unpaired) electrons. The molecule has 0 aliphatic carbocycles. The number of rotatable bonds is 6. The van der Waals surface area contributed by atoms with Gasteiger partial charge in [0.25, 0.3) is 0 Å².